The van der Waals surface area contributed by atoms with Crippen molar-refractivity contribution in [1.82, 2.24) is 10.4 Å². The zero-order valence-electron chi connectivity index (χ0n) is 24.1. The van der Waals surface area contributed by atoms with Gasteiger partial charge in [-0.2, -0.15) is 0 Å². The fourth-order valence-corrected chi connectivity index (χ4v) is 3.81. The molecule has 0 saturated heterocycles. The van der Waals surface area contributed by atoms with E-state index in [4.69, 9.17) is 20.0 Å². The molecule has 2 aromatic carbocycles. The lowest BCUT2D eigenvalue weighted by Crippen LogP contribution is -2.72. The Balaban J connectivity index is 2.24. The molecule has 2 amide bonds. The molecule has 0 aliphatic rings. The van der Waals surface area contributed by atoms with E-state index < -0.39 is 35.3 Å². The number of nitrogens with two attached hydrogens (primary N) is 1. The molecular formula is C29H43N3O8. The monoisotopic (exact) mass is 561 g/mol. The van der Waals surface area contributed by atoms with Crippen LogP contribution in [-0.4, -0.2) is 68.7 Å². The molecule has 222 valence electrons. The number of hydrogen-bond donors (Lipinski definition) is 5. The maximum absolute atomic E-state index is 13.1. The highest BCUT2D eigenvalue weighted by Crippen LogP contribution is 2.29. The van der Waals surface area contributed by atoms with E-state index in [1.807, 2.05) is 48.8 Å². The van der Waals surface area contributed by atoms with Gasteiger partial charge in [0.05, 0.1) is 6.10 Å². The maximum Gasteiger partial charge on any atom is 0.441 e. The highest BCUT2D eigenvalue weighted by molar-refractivity contribution is 5.73. The largest absolute Gasteiger partial charge is 0.491 e. The molecular weight excluding hydrogens is 518 g/mol. The molecule has 0 aliphatic heterocycles. The number of nitrogens with one attached hydrogen (secondary N) is 1. The van der Waals surface area contributed by atoms with Crippen LogP contribution < -0.4 is 16.0 Å². The van der Waals surface area contributed by atoms with Gasteiger partial charge in [-0.15, -0.1) is 5.48 Å². The van der Waals surface area contributed by atoms with Gasteiger partial charge in [0.25, 0.3) is 0 Å². The lowest BCUT2D eigenvalue weighted by Gasteiger charge is -2.46. The molecule has 11 nitrogen and oxygen atoms in total. The number of hydroxylamine groups is 1. The fourth-order valence-electron chi connectivity index (χ4n) is 3.81. The van der Waals surface area contributed by atoms with Gasteiger partial charge in [0.2, 0.25) is 0 Å². The van der Waals surface area contributed by atoms with Crippen LogP contribution in [0.15, 0.2) is 48.5 Å². The third kappa shape index (κ3) is 9.67. The van der Waals surface area contributed by atoms with Crippen molar-refractivity contribution in [2.24, 2.45) is 5.73 Å². The molecule has 0 radical (unpaired) electrons. The summed E-state index contributed by atoms with van der Waals surface area (Å²) in [7, 11) is 0. The molecule has 0 heterocycles. The van der Waals surface area contributed by atoms with Gasteiger partial charge in [0.1, 0.15) is 18.0 Å². The summed E-state index contributed by atoms with van der Waals surface area (Å²) in [6, 6.07) is 14.7. The zero-order chi connectivity index (χ0) is 30.1. The van der Waals surface area contributed by atoms with E-state index in [0.29, 0.717) is 24.2 Å². The van der Waals surface area contributed by atoms with Crippen molar-refractivity contribution < 1.29 is 39.2 Å². The number of aliphatic hydroxyl groups is 3. The van der Waals surface area contributed by atoms with Crippen molar-refractivity contribution in [3.8, 4) is 16.9 Å². The molecule has 2 unspecified atom stereocenters. The van der Waals surface area contributed by atoms with Crippen LogP contribution in [0.1, 0.15) is 59.9 Å². The molecule has 2 rings (SSSR count). The Morgan fingerprint density at radius 2 is 1.55 bits per heavy atom. The summed E-state index contributed by atoms with van der Waals surface area (Å²) >= 11 is 0. The molecule has 0 aliphatic carbocycles. The Morgan fingerprint density at radius 3 is 2.02 bits per heavy atom. The van der Waals surface area contributed by atoms with Gasteiger partial charge < -0.3 is 35.4 Å². The highest BCUT2D eigenvalue weighted by Gasteiger charge is 2.50. The number of amides is 2. The van der Waals surface area contributed by atoms with Crippen LogP contribution in [0.4, 0.5) is 9.59 Å². The minimum atomic E-state index is -2.54. The van der Waals surface area contributed by atoms with Crippen LogP contribution in [0, 0.1) is 0 Å². The number of ether oxygens (including phenoxy) is 2. The van der Waals surface area contributed by atoms with Crippen molar-refractivity contribution in [3.63, 3.8) is 0 Å². The Morgan fingerprint density at radius 1 is 1.00 bits per heavy atom. The van der Waals surface area contributed by atoms with E-state index in [1.54, 1.807) is 39.8 Å². The molecule has 2 atom stereocenters. The van der Waals surface area contributed by atoms with E-state index in [2.05, 4.69) is 0 Å². The normalized spacial score (nSPS) is 14.1. The van der Waals surface area contributed by atoms with Gasteiger partial charge in [-0.05, 0) is 69.9 Å². The van der Waals surface area contributed by atoms with Crippen LogP contribution in [0.25, 0.3) is 11.1 Å². The van der Waals surface area contributed by atoms with Crippen molar-refractivity contribution in [2.45, 2.75) is 84.0 Å². The minimum Gasteiger partial charge on any atom is -0.491 e. The first kappa shape index (κ1) is 32.8. The predicted octanol–water partition coefficient (Wildman–Crippen LogP) is 3.69. The number of carbonyl (C=O) groups excluding carboxylic acids is 2. The summed E-state index contributed by atoms with van der Waals surface area (Å²) in [5.41, 5.74) is 8.12. The molecule has 40 heavy (non-hydrogen) atoms. The molecule has 0 fully saturated rings. The second-order valence-electron chi connectivity index (χ2n) is 11.0. The summed E-state index contributed by atoms with van der Waals surface area (Å²) in [5, 5.41) is 30.8. The quantitative estimate of drug-likeness (QED) is 0.203. The summed E-state index contributed by atoms with van der Waals surface area (Å²) < 4.78 is 10.6. The Labute approximate surface area is 235 Å². The fraction of sp³-hybridized carbons (Fsp3) is 0.517. The Hall–Kier alpha value is -3.38. The zero-order valence-corrected chi connectivity index (χ0v) is 24.1. The van der Waals surface area contributed by atoms with Gasteiger partial charge in [-0.25, -0.2) is 9.59 Å². The summed E-state index contributed by atoms with van der Waals surface area (Å²) in [6.07, 6.45) is -1.56. The lowest BCUT2D eigenvalue weighted by molar-refractivity contribution is -0.231. The molecule has 0 spiro atoms. The standard InChI is InChI=1S/C29H43N3O8/c1-7-8-17-32(26(35)40-31-25(34)39-27(3,4)5)29(30,28(6,36)37)18-21-9-11-22(12-10-21)23-13-15-24(16-14-23)38-19-20(2)33/h9-16,20,33,36-37H,7-8,17-19,30H2,1-6H3,(H,31,34). The summed E-state index contributed by atoms with van der Waals surface area (Å²) in [4.78, 5) is 31.0. The first-order valence-electron chi connectivity index (χ1n) is 13.3. The van der Waals surface area contributed by atoms with E-state index >= 15 is 0 Å². The molecule has 0 saturated carbocycles. The smallest absolute Gasteiger partial charge is 0.441 e. The maximum atomic E-state index is 13.1. The topological polar surface area (TPSA) is 164 Å². The summed E-state index contributed by atoms with van der Waals surface area (Å²) in [6.45, 7) is 9.86. The van der Waals surface area contributed by atoms with Gasteiger partial charge >= 0.3 is 12.2 Å². The van der Waals surface area contributed by atoms with E-state index in [0.717, 1.165) is 23.0 Å². The first-order chi connectivity index (χ1) is 18.6. The number of nitrogens with zero attached hydrogens (tertiary/aromatic N) is 1. The van der Waals surface area contributed by atoms with Gasteiger partial charge in [-0.1, -0.05) is 49.7 Å². The van der Waals surface area contributed by atoms with Gasteiger partial charge in [0.15, 0.2) is 11.4 Å². The van der Waals surface area contributed by atoms with Gasteiger partial charge in [-0.3, -0.25) is 4.90 Å². The SMILES string of the molecule is CCCCN(C(=O)ONC(=O)OC(C)(C)C)C(N)(Cc1ccc(-c2ccc(OCC(C)O)cc2)cc1)C(C)(O)O. The van der Waals surface area contributed by atoms with Crippen molar-refractivity contribution >= 4 is 12.2 Å². The molecule has 6 N–H and O–H groups in total. The lowest BCUT2D eigenvalue weighted by atomic mass is 9.90. The van der Waals surface area contributed by atoms with Gasteiger partial charge in [0, 0.05) is 13.0 Å². The second-order valence-corrected chi connectivity index (χ2v) is 11.0. The number of unbranched alkanes of at least 4 members (excludes halogenated alkanes) is 1. The van der Waals surface area contributed by atoms with Crippen LogP contribution >= 0.6 is 0 Å². The van der Waals surface area contributed by atoms with Crippen LogP contribution in [0.3, 0.4) is 0 Å². The first-order valence-corrected chi connectivity index (χ1v) is 13.3. The molecule has 2 aromatic rings. The van der Waals surface area contributed by atoms with E-state index in [1.165, 1.54) is 0 Å². The van der Waals surface area contributed by atoms with Crippen LogP contribution in [0.5, 0.6) is 5.75 Å². The Bertz CT molecular complexity index is 1090. The average molecular weight is 562 g/mol. The van der Waals surface area contributed by atoms with E-state index in [-0.39, 0.29) is 19.6 Å². The van der Waals surface area contributed by atoms with Crippen molar-refractivity contribution in [2.75, 3.05) is 13.2 Å². The number of aliphatic hydroxyl groups excluding tert-OH is 1. The third-order valence-corrected chi connectivity index (χ3v) is 5.98. The number of carbonyl (C=O) groups is 2. The second kappa shape index (κ2) is 13.8. The van der Waals surface area contributed by atoms with Crippen molar-refractivity contribution in [3.05, 3.63) is 54.1 Å². The third-order valence-electron chi connectivity index (χ3n) is 5.98. The average Bonchev–Trinajstić information content (AvgIpc) is 2.85. The highest BCUT2D eigenvalue weighted by atomic mass is 16.7. The number of hydrogen-bond acceptors (Lipinski definition) is 9. The van der Waals surface area contributed by atoms with Crippen molar-refractivity contribution in [1.29, 1.82) is 0 Å². The molecule has 0 bridgehead atoms. The van der Waals surface area contributed by atoms with Crippen LogP contribution in [0.2, 0.25) is 0 Å². The summed E-state index contributed by atoms with van der Waals surface area (Å²) in [5.74, 6) is -1.90. The Kier molecular flexibility index (Phi) is 11.3. The number of rotatable bonds is 11. The van der Waals surface area contributed by atoms with Crippen LogP contribution in [-0.2, 0) is 16.0 Å². The number of benzene rings is 2. The van der Waals surface area contributed by atoms with E-state index in [9.17, 15) is 24.9 Å². The minimum absolute atomic E-state index is 0.0418. The predicted molar refractivity (Wildman–Crippen MR) is 150 cm³/mol. The molecule has 11 heteroatoms. The molecule has 0 aromatic heterocycles.